The van der Waals surface area contributed by atoms with Gasteiger partial charge in [0.05, 0.1) is 12.2 Å². The number of nitrogens with zero attached hydrogens (tertiary/aromatic N) is 4. The molecule has 3 amide bonds. The number of anilines is 2. The van der Waals surface area contributed by atoms with E-state index < -0.39 is 0 Å². The van der Waals surface area contributed by atoms with Crippen LogP contribution in [0.25, 0.3) is 0 Å². The summed E-state index contributed by atoms with van der Waals surface area (Å²) in [6.45, 7) is 6.10. The van der Waals surface area contributed by atoms with E-state index in [1.807, 2.05) is 36.9 Å². The number of aryl methyl sites for hydroxylation is 2. The van der Waals surface area contributed by atoms with Crippen LogP contribution in [0.5, 0.6) is 0 Å². The fourth-order valence-electron chi connectivity index (χ4n) is 4.07. The van der Waals surface area contributed by atoms with Crippen molar-refractivity contribution in [2.75, 3.05) is 43.0 Å². The minimum Gasteiger partial charge on any atom is -0.335 e. The van der Waals surface area contributed by atoms with Crippen molar-refractivity contribution >= 4 is 34.8 Å². The number of amides is 3. The predicted octanol–water partition coefficient (Wildman–Crippen LogP) is 2.71. The smallest absolute Gasteiger partial charge is 0.270 e. The van der Waals surface area contributed by atoms with Crippen molar-refractivity contribution in [3.63, 3.8) is 0 Å². The van der Waals surface area contributed by atoms with Crippen LogP contribution in [0, 0.1) is 19.7 Å². The van der Waals surface area contributed by atoms with Gasteiger partial charge in [0.2, 0.25) is 11.8 Å². The molecule has 4 rings (SSSR count). The fraction of sp³-hybridized carbons (Fsp3) is 0.360. The summed E-state index contributed by atoms with van der Waals surface area (Å²) in [5, 5.41) is 8.54. The Hall–Kier alpha value is -3.59. The van der Waals surface area contributed by atoms with Crippen molar-refractivity contribution < 1.29 is 18.8 Å². The van der Waals surface area contributed by atoms with Gasteiger partial charge in [-0.1, -0.05) is 12.1 Å². The first kappa shape index (κ1) is 23.6. The van der Waals surface area contributed by atoms with Gasteiger partial charge in [0.25, 0.3) is 5.91 Å². The number of benzene rings is 2. The second-order valence-corrected chi connectivity index (χ2v) is 8.67. The van der Waals surface area contributed by atoms with E-state index in [9.17, 15) is 18.8 Å². The van der Waals surface area contributed by atoms with E-state index >= 15 is 0 Å². The third-order valence-corrected chi connectivity index (χ3v) is 6.03. The molecular formula is C25H28FN5O3. The van der Waals surface area contributed by atoms with Crippen LogP contribution in [0.2, 0.25) is 0 Å². The zero-order valence-electron chi connectivity index (χ0n) is 19.4. The van der Waals surface area contributed by atoms with Gasteiger partial charge in [-0.25, -0.2) is 9.40 Å². The van der Waals surface area contributed by atoms with Crippen molar-refractivity contribution in [3.8, 4) is 0 Å². The number of carbonyl (C=O) groups excluding carboxylic acids is 3. The minimum absolute atomic E-state index is 0.123. The molecule has 2 aliphatic rings. The molecule has 1 fully saturated rings. The van der Waals surface area contributed by atoms with Crippen LogP contribution in [-0.4, -0.2) is 66.0 Å². The molecule has 34 heavy (non-hydrogen) atoms. The van der Waals surface area contributed by atoms with Crippen LogP contribution >= 0.6 is 0 Å². The summed E-state index contributed by atoms with van der Waals surface area (Å²) in [7, 11) is 0. The van der Waals surface area contributed by atoms with E-state index in [0.29, 0.717) is 49.7 Å². The third kappa shape index (κ3) is 5.48. The van der Waals surface area contributed by atoms with E-state index in [4.69, 9.17) is 0 Å². The molecule has 2 aliphatic heterocycles. The second kappa shape index (κ2) is 10.1. The number of nitrogens with one attached hydrogen (secondary N) is 1. The number of carbonyl (C=O) groups is 3. The summed E-state index contributed by atoms with van der Waals surface area (Å²) in [5.74, 6) is -0.839. The number of rotatable bonds is 5. The Balaban J connectivity index is 1.34. The SMILES string of the molecule is Cc1ccc(C)c(N2N=C(C(=O)N3CCN(CC(=O)Nc4ccc(F)cc4)CC3)CCC2=O)c1. The first-order valence-corrected chi connectivity index (χ1v) is 11.3. The minimum atomic E-state index is -0.358. The largest absolute Gasteiger partial charge is 0.335 e. The monoisotopic (exact) mass is 465 g/mol. The van der Waals surface area contributed by atoms with E-state index in [-0.39, 0.29) is 36.5 Å². The predicted molar refractivity (Wildman–Crippen MR) is 128 cm³/mol. The highest BCUT2D eigenvalue weighted by molar-refractivity contribution is 6.40. The van der Waals surface area contributed by atoms with Gasteiger partial charge in [-0.15, -0.1) is 0 Å². The highest BCUT2D eigenvalue weighted by Crippen LogP contribution is 2.26. The molecule has 2 heterocycles. The van der Waals surface area contributed by atoms with Gasteiger partial charge in [-0.3, -0.25) is 19.3 Å². The third-order valence-electron chi connectivity index (χ3n) is 6.03. The first-order valence-electron chi connectivity index (χ1n) is 11.3. The fourth-order valence-corrected chi connectivity index (χ4v) is 4.07. The number of hydrogen-bond donors (Lipinski definition) is 1. The van der Waals surface area contributed by atoms with Crippen LogP contribution in [0.1, 0.15) is 24.0 Å². The summed E-state index contributed by atoms with van der Waals surface area (Å²) < 4.78 is 13.0. The molecule has 0 bridgehead atoms. The number of piperazine rings is 1. The number of hydrogen-bond acceptors (Lipinski definition) is 5. The standard InChI is InChI=1S/C25H28FN5O3/c1-17-3-4-18(2)22(15-17)31-24(33)10-9-21(28-31)25(34)30-13-11-29(12-14-30)16-23(32)27-20-7-5-19(26)6-8-20/h3-8,15H,9-14,16H2,1-2H3,(H,27,32). The number of hydrazone groups is 1. The summed E-state index contributed by atoms with van der Waals surface area (Å²) in [4.78, 5) is 41.6. The van der Waals surface area contributed by atoms with Crippen LogP contribution < -0.4 is 10.3 Å². The van der Waals surface area contributed by atoms with Crippen LogP contribution in [-0.2, 0) is 14.4 Å². The Morgan fingerprint density at radius 1 is 1.00 bits per heavy atom. The zero-order chi connectivity index (χ0) is 24.2. The maximum atomic E-state index is 13.1. The van der Waals surface area contributed by atoms with E-state index in [1.54, 1.807) is 4.90 Å². The molecule has 0 unspecified atom stereocenters. The van der Waals surface area contributed by atoms with Gasteiger partial charge < -0.3 is 10.2 Å². The Morgan fingerprint density at radius 3 is 2.41 bits per heavy atom. The average molecular weight is 466 g/mol. The lowest BCUT2D eigenvalue weighted by atomic mass is 10.1. The van der Waals surface area contributed by atoms with Gasteiger partial charge in [-0.05, 0) is 55.3 Å². The zero-order valence-corrected chi connectivity index (χ0v) is 19.4. The lowest BCUT2D eigenvalue weighted by Crippen LogP contribution is -2.52. The molecule has 0 saturated carbocycles. The van der Waals surface area contributed by atoms with Gasteiger partial charge in [0.15, 0.2) is 0 Å². The highest BCUT2D eigenvalue weighted by Gasteiger charge is 2.31. The van der Waals surface area contributed by atoms with Gasteiger partial charge in [0, 0.05) is 44.7 Å². The maximum Gasteiger partial charge on any atom is 0.270 e. The molecule has 0 radical (unpaired) electrons. The topological polar surface area (TPSA) is 85.3 Å². The van der Waals surface area contributed by atoms with E-state index in [1.165, 1.54) is 29.3 Å². The Kier molecular flexibility index (Phi) is 7.02. The molecule has 0 spiro atoms. The van der Waals surface area contributed by atoms with E-state index in [0.717, 1.165) is 11.1 Å². The lowest BCUT2D eigenvalue weighted by Gasteiger charge is -2.35. The van der Waals surface area contributed by atoms with Crippen LogP contribution in [0.4, 0.5) is 15.8 Å². The van der Waals surface area contributed by atoms with Crippen molar-refractivity contribution in [1.29, 1.82) is 0 Å². The summed E-state index contributed by atoms with van der Waals surface area (Å²) in [5.41, 5.74) is 3.55. The Bertz CT molecular complexity index is 1120. The molecule has 9 heteroatoms. The quantitative estimate of drug-likeness (QED) is 0.736. The van der Waals surface area contributed by atoms with Gasteiger partial charge in [0.1, 0.15) is 11.5 Å². The Morgan fingerprint density at radius 2 is 1.71 bits per heavy atom. The van der Waals surface area contributed by atoms with Crippen LogP contribution in [0.15, 0.2) is 47.6 Å². The molecule has 1 N–H and O–H groups in total. The molecule has 8 nitrogen and oxygen atoms in total. The van der Waals surface area contributed by atoms with Crippen LogP contribution in [0.3, 0.4) is 0 Å². The normalized spacial score (nSPS) is 16.9. The molecular weight excluding hydrogens is 437 g/mol. The van der Waals surface area contributed by atoms with Crippen molar-refractivity contribution in [2.45, 2.75) is 26.7 Å². The molecule has 0 aliphatic carbocycles. The Labute approximate surface area is 198 Å². The number of halogens is 1. The van der Waals surface area contributed by atoms with Gasteiger partial charge in [-0.2, -0.15) is 5.10 Å². The second-order valence-electron chi connectivity index (χ2n) is 8.67. The average Bonchev–Trinajstić information content (AvgIpc) is 2.82. The summed E-state index contributed by atoms with van der Waals surface area (Å²) in [6.07, 6.45) is 0.556. The summed E-state index contributed by atoms with van der Waals surface area (Å²) in [6, 6.07) is 11.4. The molecule has 178 valence electrons. The van der Waals surface area contributed by atoms with Crippen molar-refractivity contribution in [3.05, 3.63) is 59.4 Å². The molecule has 2 aromatic carbocycles. The molecule has 0 aromatic heterocycles. The highest BCUT2D eigenvalue weighted by atomic mass is 19.1. The molecule has 0 atom stereocenters. The molecule has 2 aromatic rings. The maximum absolute atomic E-state index is 13.1. The van der Waals surface area contributed by atoms with Crippen molar-refractivity contribution in [2.24, 2.45) is 5.10 Å². The summed E-state index contributed by atoms with van der Waals surface area (Å²) >= 11 is 0. The van der Waals surface area contributed by atoms with Gasteiger partial charge >= 0.3 is 0 Å². The lowest BCUT2D eigenvalue weighted by molar-refractivity contribution is -0.126. The first-order chi connectivity index (χ1) is 16.3. The van der Waals surface area contributed by atoms with Crippen molar-refractivity contribution in [1.82, 2.24) is 9.80 Å². The molecule has 1 saturated heterocycles. The van der Waals surface area contributed by atoms with E-state index in [2.05, 4.69) is 10.4 Å².